The Labute approximate surface area is 212 Å². The van der Waals surface area contributed by atoms with Crippen LogP contribution in [0.2, 0.25) is 5.02 Å². The number of rotatable bonds is 9. The number of nitrogens with zero attached hydrogens (tertiary/aromatic N) is 1. The molecule has 0 spiro atoms. The van der Waals surface area contributed by atoms with Crippen molar-refractivity contribution in [2.45, 2.75) is 24.4 Å². The van der Waals surface area contributed by atoms with Gasteiger partial charge in [0.1, 0.15) is 12.3 Å². The van der Waals surface area contributed by atoms with E-state index < -0.39 is 39.2 Å². The van der Waals surface area contributed by atoms with E-state index in [9.17, 15) is 26.4 Å². The van der Waals surface area contributed by atoms with Crippen LogP contribution in [0.1, 0.15) is 16.7 Å². The van der Waals surface area contributed by atoms with E-state index in [-0.39, 0.29) is 17.1 Å². The summed E-state index contributed by atoms with van der Waals surface area (Å²) >= 11 is 5.71. The molecular weight excluding hydrogens is 517 g/mol. The number of carbonyl (C=O) groups is 1. The van der Waals surface area contributed by atoms with E-state index in [4.69, 9.17) is 16.3 Å². The van der Waals surface area contributed by atoms with Crippen LogP contribution in [0, 0.1) is 6.92 Å². The van der Waals surface area contributed by atoms with Gasteiger partial charge < -0.3 is 10.1 Å². The Hall–Kier alpha value is -3.24. The van der Waals surface area contributed by atoms with Crippen molar-refractivity contribution in [3.8, 4) is 5.75 Å². The minimum Gasteiger partial charge on any atom is -0.497 e. The zero-order chi connectivity index (χ0) is 26.5. The van der Waals surface area contributed by atoms with Gasteiger partial charge >= 0.3 is 6.18 Å². The van der Waals surface area contributed by atoms with E-state index in [0.717, 1.165) is 23.3 Å². The molecule has 0 aliphatic carbocycles. The van der Waals surface area contributed by atoms with Gasteiger partial charge in [0.2, 0.25) is 5.91 Å². The highest BCUT2D eigenvalue weighted by Gasteiger charge is 2.35. The molecule has 36 heavy (non-hydrogen) atoms. The number of halogens is 4. The van der Waals surface area contributed by atoms with Crippen LogP contribution in [-0.2, 0) is 27.4 Å². The predicted molar refractivity (Wildman–Crippen MR) is 132 cm³/mol. The third-order valence-electron chi connectivity index (χ3n) is 5.33. The maximum Gasteiger partial charge on any atom is 0.417 e. The monoisotopic (exact) mass is 540 g/mol. The average Bonchev–Trinajstić information content (AvgIpc) is 2.83. The number of benzene rings is 3. The molecule has 0 bridgehead atoms. The molecule has 0 atom stereocenters. The molecule has 0 saturated heterocycles. The van der Waals surface area contributed by atoms with E-state index in [1.165, 1.54) is 12.1 Å². The standard InChI is InChI=1S/C25H24ClF3N2O4S/c1-17-3-10-21(11-4-17)36(33,34)31(19-7-12-23(26)22(15-19)25(27,28)29)16-24(32)30-14-13-18-5-8-20(35-2)9-6-18/h3-12,15H,13-14,16H2,1-2H3,(H,30,32). The Kier molecular flexibility index (Phi) is 8.52. The number of ether oxygens (including phenoxy) is 1. The summed E-state index contributed by atoms with van der Waals surface area (Å²) in [5.41, 5.74) is 0.165. The first kappa shape index (κ1) is 27.3. The highest BCUT2D eigenvalue weighted by atomic mass is 35.5. The van der Waals surface area contributed by atoms with Crippen molar-refractivity contribution in [2.75, 3.05) is 24.5 Å². The van der Waals surface area contributed by atoms with Crippen molar-refractivity contribution in [1.29, 1.82) is 0 Å². The minimum atomic E-state index is -4.81. The van der Waals surface area contributed by atoms with Crippen molar-refractivity contribution < 1.29 is 31.1 Å². The van der Waals surface area contributed by atoms with Gasteiger partial charge in [-0.3, -0.25) is 9.10 Å². The fraction of sp³-hybridized carbons (Fsp3) is 0.240. The van der Waals surface area contributed by atoms with Crippen molar-refractivity contribution >= 4 is 33.2 Å². The fourth-order valence-corrected chi connectivity index (χ4v) is 5.00. The summed E-state index contributed by atoms with van der Waals surface area (Å²) < 4.78 is 72.9. The molecule has 0 unspecified atom stereocenters. The minimum absolute atomic E-state index is 0.164. The first-order valence-electron chi connectivity index (χ1n) is 10.8. The number of amides is 1. The summed E-state index contributed by atoms with van der Waals surface area (Å²) in [5.74, 6) is 0.00337. The average molecular weight is 541 g/mol. The Bertz CT molecular complexity index is 1310. The molecule has 1 amide bonds. The van der Waals surface area contributed by atoms with Gasteiger partial charge in [0.25, 0.3) is 10.0 Å². The van der Waals surface area contributed by atoms with E-state index in [1.54, 1.807) is 38.3 Å². The Morgan fingerprint density at radius 1 is 1.03 bits per heavy atom. The molecule has 3 rings (SSSR count). The number of sulfonamides is 1. The summed E-state index contributed by atoms with van der Waals surface area (Å²) in [4.78, 5) is 12.5. The normalized spacial score (nSPS) is 11.7. The van der Waals surface area contributed by atoms with Gasteiger partial charge in [0, 0.05) is 6.54 Å². The number of methoxy groups -OCH3 is 1. The van der Waals surface area contributed by atoms with Crippen LogP contribution in [-0.4, -0.2) is 34.5 Å². The van der Waals surface area contributed by atoms with Gasteiger partial charge in [-0.15, -0.1) is 0 Å². The lowest BCUT2D eigenvalue weighted by Gasteiger charge is -2.25. The van der Waals surface area contributed by atoms with E-state index in [0.29, 0.717) is 22.5 Å². The molecule has 3 aromatic rings. The van der Waals surface area contributed by atoms with Gasteiger partial charge in [0.05, 0.1) is 28.3 Å². The molecule has 0 aliphatic heterocycles. The highest BCUT2D eigenvalue weighted by Crippen LogP contribution is 2.38. The molecule has 0 aliphatic rings. The van der Waals surface area contributed by atoms with Crippen LogP contribution in [0.3, 0.4) is 0 Å². The SMILES string of the molecule is COc1ccc(CCNC(=O)CN(c2ccc(Cl)c(C(F)(F)F)c2)S(=O)(=O)c2ccc(C)cc2)cc1. The summed E-state index contributed by atoms with van der Waals surface area (Å²) in [7, 11) is -2.83. The molecule has 0 fully saturated rings. The lowest BCUT2D eigenvalue weighted by molar-refractivity contribution is -0.137. The Morgan fingerprint density at radius 3 is 2.25 bits per heavy atom. The summed E-state index contributed by atoms with van der Waals surface area (Å²) in [6.07, 6.45) is -4.35. The quantitative estimate of drug-likeness (QED) is 0.403. The third-order valence-corrected chi connectivity index (χ3v) is 7.45. The van der Waals surface area contributed by atoms with Crippen molar-refractivity contribution in [1.82, 2.24) is 5.32 Å². The lowest BCUT2D eigenvalue weighted by Crippen LogP contribution is -2.41. The van der Waals surface area contributed by atoms with Gasteiger partial charge in [-0.05, 0) is 61.4 Å². The van der Waals surface area contributed by atoms with Gasteiger partial charge in [0.15, 0.2) is 0 Å². The van der Waals surface area contributed by atoms with Crippen LogP contribution in [0.25, 0.3) is 0 Å². The smallest absolute Gasteiger partial charge is 0.417 e. The second kappa shape index (κ2) is 11.2. The molecule has 0 aromatic heterocycles. The lowest BCUT2D eigenvalue weighted by atomic mass is 10.1. The van der Waals surface area contributed by atoms with Crippen LogP contribution in [0.15, 0.2) is 71.6 Å². The molecule has 6 nitrogen and oxygen atoms in total. The van der Waals surface area contributed by atoms with Gasteiger partial charge in [-0.25, -0.2) is 8.42 Å². The Balaban J connectivity index is 1.86. The highest BCUT2D eigenvalue weighted by molar-refractivity contribution is 7.92. The predicted octanol–water partition coefficient (Wildman–Crippen LogP) is 5.23. The van der Waals surface area contributed by atoms with Crippen molar-refractivity contribution in [3.63, 3.8) is 0 Å². The van der Waals surface area contributed by atoms with E-state index in [2.05, 4.69) is 5.32 Å². The number of aryl methyl sites for hydroxylation is 1. The van der Waals surface area contributed by atoms with Crippen LogP contribution >= 0.6 is 11.6 Å². The summed E-state index contributed by atoms with van der Waals surface area (Å²) in [5, 5.41) is 2.04. The second-order valence-corrected chi connectivity index (χ2v) is 10.2. The molecule has 1 N–H and O–H groups in total. The number of nitrogens with one attached hydrogen (secondary N) is 1. The van der Waals surface area contributed by atoms with Crippen molar-refractivity contribution in [2.24, 2.45) is 0 Å². The fourth-order valence-electron chi connectivity index (χ4n) is 3.36. The first-order valence-corrected chi connectivity index (χ1v) is 12.6. The molecular formula is C25H24ClF3N2O4S. The number of alkyl halides is 3. The van der Waals surface area contributed by atoms with Gasteiger partial charge in [-0.1, -0.05) is 41.4 Å². The number of carbonyl (C=O) groups excluding carboxylic acids is 1. The van der Waals surface area contributed by atoms with Crippen LogP contribution in [0.4, 0.5) is 18.9 Å². The molecule has 0 saturated carbocycles. The zero-order valence-electron chi connectivity index (χ0n) is 19.5. The van der Waals surface area contributed by atoms with Crippen LogP contribution in [0.5, 0.6) is 5.75 Å². The zero-order valence-corrected chi connectivity index (χ0v) is 21.0. The number of anilines is 1. The third kappa shape index (κ3) is 6.70. The topological polar surface area (TPSA) is 75.7 Å². The molecule has 11 heteroatoms. The second-order valence-electron chi connectivity index (χ2n) is 7.93. The number of hydrogen-bond donors (Lipinski definition) is 1. The first-order chi connectivity index (χ1) is 16.9. The Morgan fingerprint density at radius 2 is 1.67 bits per heavy atom. The summed E-state index contributed by atoms with van der Waals surface area (Å²) in [6.45, 7) is 1.23. The maximum atomic E-state index is 13.5. The van der Waals surface area contributed by atoms with Crippen molar-refractivity contribution in [3.05, 3.63) is 88.4 Å². The molecule has 0 heterocycles. The van der Waals surface area contributed by atoms with E-state index >= 15 is 0 Å². The maximum absolute atomic E-state index is 13.5. The molecule has 0 radical (unpaired) electrons. The van der Waals surface area contributed by atoms with Crippen LogP contribution < -0.4 is 14.4 Å². The van der Waals surface area contributed by atoms with Gasteiger partial charge in [-0.2, -0.15) is 13.2 Å². The molecule has 192 valence electrons. The van der Waals surface area contributed by atoms with E-state index in [1.807, 2.05) is 12.1 Å². The number of hydrogen-bond acceptors (Lipinski definition) is 4. The molecule has 3 aromatic carbocycles. The summed E-state index contributed by atoms with van der Waals surface area (Å²) in [6, 6.07) is 15.7. The largest absolute Gasteiger partial charge is 0.497 e.